The van der Waals surface area contributed by atoms with Crippen LogP contribution in [0.1, 0.15) is 13.3 Å². The van der Waals surface area contributed by atoms with Crippen molar-refractivity contribution in [1.82, 2.24) is 0 Å². The summed E-state index contributed by atoms with van der Waals surface area (Å²) in [5.74, 6) is -0.390. The monoisotopic (exact) mass is 372 g/mol. The first-order valence-electron chi connectivity index (χ1n) is 8.08. The summed E-state index contributed by atoms with van der Waals surface area (Å²) in [6.45, 7) is 18.5. The van der Waals surface area contributed by atoms with Gasteiger partial charge in [0.25, 0.3) is 0 Å². The zero-order valence-electron chi connectivity index (χ0n) is 15.3. The topological polar surface area (TPSA) is 44.8 Å². The number of carbonyl (C=O) groups excluding carboxylic acids is 1. The number of allylic oxidation sites excluding steroid dienone is 1. The molecule has 0 bridgehead atoms. The Kier molecular flexibility index (Phi) is 10.6. The van der Waals surface area contributed by atoms with E-state index >= 15 is 0 Å². The molecule has 0 rings (SSSR count). The highest BCUT2D eigenvalue weighted by molar-refractivity contribution is 6.77. The molecule has 0 aromatic carbocycles. The normalized spacial score (nSPS) is 13.1. The second-order valence-electron chi connectivity index (χ2n) is 6.44. The largest absolute Gasteiger partial charge is 0.463 e. The summed E-state index contributed by atoms with van der Waals surface area (Å²) in [6.07, 6.45) is 3.96. The van der Waals surface area contributed by atoms with Gasteiger partial charge >= 0.3 is 5.97 Å². The summed E-state index contributed by atoms with van der Waals surface area (Å²) in [6, 6.07) is 1.01. The van der Waals surface area contributed by atoms with Crippen molar-refractivity contribution in [3.8, 4) is 0 Å². The third-order valence-electron chi connectivity index (χ3n) is 3.23. The maximum Gasteiger partial charge on any atom is 0.330 e. The fraction of sp³-hybridized carbons (Fsp3) is 0.562. The Morgan fingerprint density at radius 1 is 1.13 bits per heavy atom. The summed E-state index contributed by atoms with van der Waals surface area (Å²) in [7, 11) is -4.36. The average Bonchev–Trinajstić information content (AvgIpc) is 2.46. The molecule has 0 fully saturated rings. The van der Waals surface area contributed by atoms with Gasteiger partial charge in [-0.3, -0.25) is 0 Å². The van der Waals surface area contributed by atoms with Crippen molar-refractivity contribution in [2.75, 3.05) is 6.61 Å². The molecule has 0 aliphatic rings. The van der Waals surface area contributed by atoms with Crippen LogP contribution in [-0.4, -0.2) is 44.6 Å². The van der Waals surface area contributed by atoms with Crippen LogP contribution in [0.2, 0.25) is 32.2 Å². The Labute approximate surface area is 145 Å². The van der Waals surface area contributed by atoms with E-state index in [1.807, 2.05) is 11.4 Å². The molecule has 0 heterocycles. The molecule has 0 aliphatic heterocycles. The lowest BCUT2D eigenvalue weighted by Gasteiger charge is -2.32. The Hall–Kier alpha value is -0.739. The van der Waals surface area contributed by atoms with E-state index in [1.165, 1.54) is 6.08 Å². The van der Waals surface area contributed by atoms with E-state index in [1.54, 1.807) is 13.0 Å². The Balaban J connectivity index is 4.39. The molecule has 0 radical (unpaired) electrons. The molecule has 0 unspecified atom stereocenters. The molecule has 0 aromatic heterocycles. The highest BCUT2D eigenvalue weighted by Gasteiger charge is 2.28. The van der Waals surface area contributed by atoms with Gasteiger partial charge in [-0.15, -0.1) is 13.2 Å². The predicted octanol–water partition coefficient (Wildman–Crippen LogP) is 3.26. The van der Waals surface area contributed by atoms with Gasteiger partial charge in [0.2, 0.25) is 16.6 Å². The fourth-order valence-corrected chi connectivity index (χ4v) is 7.77. The van der Waals surface area contributed by atoms with Crippen LogP contribution < -0.4 is 0 Å². The quantitative estimate of drug-likeness (QED) is 0.173. The third kappa shape index (κ3) is 11.4. The first-order valence-corrected chi connectivity index (χ1v) is 15.9. The lowest BCUT2D eigenvalue weighted by Crippen LogP contribution is -2.44. The molecular formula is C16H32O4Si3. The fourth-order valence-electron chi connectivity index (χ4n) is 1.69. The number of esters is 1. The maximum atomic E-state index is 11.2. The van der Waals surface area contributed by atoms with Crippen molar-refractivity contribution in [3.63, 3.8) is 0 Å². The Morgan fingerprint density at radius 2 is 1.65 bits per heavy atom. The summed E-state index contributed by atoms with van der Waals surface area (Å²) in [5.41, 5.74) is 3.86. The van der Waals surface area contributed by atoms with Crippen molar-refractivity contribution in [1.29, 1.82) is 0 Å². The summed E-state index contributed by atoms with van der Waals surface area (Å²) >= 11 is 0. The highest BCUT2D eigenvalue weighted by Crippen LogP contribution is 2.16. The molecule has 0 N–H and O–H groups in total. The maximum absolute atomic E-state index is 11.2. The molecule has 7 heteroatoms. The first-order chi connectivity index (χ1) is 10.7. The van der Waals surface area contributed by atoms with Crippen LogP contribution >= 0.6 is 0 Å². The van der Waals surface area contributed by atoms with Crippen molar-refractivity contribution in [2.45, 2.75) is 51.5 Å². The second kappa shape index (κ2) is 10.9. The number of carbonyl (C=O) groups is 1. The molecule has 23 heavy (non-hydrogen) atoms. The van der Waals surface area contributed by atoms with E-state index in [2.05, 4.69) is 39.3 Å². The van der Waals surface area contributed by atoms with Crippen molar-refractivity contribution in [3.05, 3.63) is 36.7 Å². The molecule has 0 aromatic rings. The molecule has 0 spiro atoms. The van der Waals surface area contributed by atoms with Gasteiger partial charge in [-0.1, -0.05) is 23.5 Å². The minimum Gasteiger partial charge on any atom is -0.463 e. The van der Waals surface area contributed by atoms with Crippen LogP contribution in [0.5, 0.6) is 0 Å². The molecule has 0 atom stereocenters. The molecular weight excluding hydrogens is 340 g/mol. The van der Waals surface area contributed by atoms with Gasteiger partial charge < -0.3 is 13.6 Å². The van der Waals surface area contributed by atoms with Gasteiger partial charge in [-0.25, -0.2) is 4.79 Å². The number of rotatable bonds is 12. The number of hydrogen-bond acceptors (Lipinski definition) is 4. The van der Waals surface area contributed by atoms with Crippen LogP contribution in [-0.2, 0) is 18.4 Å². The average molecular weight is 373 g/mol. The lowest BCUT2D eigenvalue weighted by atomic mass is 10.5. The molecule has 0 saturated carbocycles. The van der Waals surface area contributed by atoms with Gasteiger partial charge in [0.05, 0.1) is 16.1 Å². The van der Waals surface area contributed by atoms with E-state index in [-0.39, 0.29) is 11.9 Å². The van der Waals surface area contributed by atoms with E-state index in [0.717, 1.165) is 12.5 Å². The van der Waals surface area contributed by atoms with Crippen molar-refractivity contribution >= 4 is 32.1 Å². The van der Waals surface area contributed by atoms with E-state index in [9.17, 15) is 4.79 Å². The zero-order chi connectivity index (χ0) is 17.9. The third-order valence-corrected chi connectivity index (χ3v) is 9.32. The van der Waals surface area contributed by atoms with E-state index in [0.29, 0.717) is 6.61 Å². The molecule has 0 aliphatic carbocycles. The zero-order valence-corrected chi connectivity index (χ0v) is 18.7. The number of hydrogen-bond donors (Lipinski definition) is 0. The smallest absolute Gasteiger partial charge is 0.330 e. The minimum atomic E-state index is -1.88. The SMILES string of the molecule is C=C[Si](C)(C)OC(O[Si](C)(C)C=C)[SiH2]CCCOC(=O)C=CC. The predicted molar refractivity (Wildman–Crippen MR) is 105 cm³/mol. The van der Waals surface area contributed by atoms with Gasteiger partial charge in [0.15, 0.2) is 0 Å². The molecule has 0 saturated heterocycles. The first kappa shape index (κ1) is 22.3. The highest BCUT2D eigenvalue weighted by atomic mass is 28.4. The van der Waals surface area contributed by atoms with Gasteiger partial charge in [-0.2, -0.15) is 0 Å². The van der Waals surface area contributed by atoms with Crippen LogP contribution in [0, 0.1) is 0 Å². The molecule has 4 nitrogen and oxygen atoms in total. The van der Waals surface area contributed by atoms with Crippen LogP contribution in [0.4, 0.5) is 0 Å². The number of ether oxygens (including phenoxy) is 1. The van der Waals surface area contributed by atoms with Crippen molar-refractivity contribution in [2.24, 2.45) is 0 Å². The van der Waals surface area contributed by atoms with Gasteiger partial charge in [0.1, 0.15) is 5.91 Å². The summed E-state index contributed by atoms with van der Waals surface area (Å²) in [4.78, 5) is 11.2. The van der Waals surface area contributed by atoms with Gasteiger partial charge in [0, 0.05) is 6.08 Å². The van der Waals surface area contributed by atoms with Crippen LogP contribution in [0.15, 0.2) is 36.7 Å². The lowest BCUT2D eigenvalue weighted by molar-refractivity contribution is -0.137. The summed E-state index contributed by atoms with van der Waals surface area (Å²) < 4.78 is 17.5. The van der Waals surface area contributed by atoms with Crippen LogP contribution in [0.3, 0.4) is 0 Å². The van der Waals surface area contributed by atoms with E-state index < -0.39 is 26.2 Å². The Bertz CT molecular complexity index is 398. The molecule has 0 amide bonds. The van der Waals surface area contributed by atoms with Crippen LogP contribution in [0.25, 0.3) is 0 Å². The Morgan fingerprint density at radius 3 is 2.09 bits per heavy atom. The second-order valence-corrected chi connectivity index (χ2v) is 16.1. The van der Waals surface area contributed by atoms with E-state index in [4.69, 9.17) is 13.6 Å². The minimum absolute atomic E-state index is 0.111. The standard InChI is InChI=1S/C16H32O4Si3/c1-8-12-15(17)18-13-11-14-21-16(19-22(4,5)9-2)20-23(6,7)10-3/h8-10,12,16H,2-3,11,13-14,21H2,1,4-7H3. The summed E-state index contributed by atoms with van der Waals surface area (Å²) in [5, 5.41) is 0. The molecule has 132 valence electrons. The van der Waals surface area contributed by atoms with Gasteiger partial charge in [-0.05, 0) is 39.5 Å². The van der Waals surface area contributed by atoms with Crippen molar-refractivity contribution < 1.29 is 18.4 Å².